The van der Waals surface area contributed by atoms with Gasteiger partial charge in [-0.05, 0) is 56.1 Å². The van der Waals surface area contributed by atoms with Gasteiger partial charge < -0.3 is 15.0 Å². The highest BCUT2D eigenvalue weighted by molar-refractivity contribution is 5.97. The Morgan fingerprint density at radius 3 is 2.90 bits per heavy atom. The van der Waals surface area contributed by atoms with Crippen LogP contribution in [0.4, 0.5) is 10.5 Å². The number of likely N-dealkylation sites (N-methyl/N-ethyl adjacent to an activating group) is 1. The van der Waals surface area contributed by atoms with Gasteiger partial charge in [-0.3, -0.25) is 14.8 Å². The first kappa shape index (κ1) is 20.6. The minimum atomic E-state index is -0.333. The molecule has 0 aliphatic carbocycles. The minimum absolute atomic E-state index is 0.0931. The fourth-order valence-corrected chi connectivity index (χ4v) is 3.40. The van der Waals surface area contributed by atoms with Gasteiger partial charge in [0.25, 0.3) is 5.91 Å². The van der Waals surface area contributed by atoms with Gasteiger partial charge in [0, 0.05) is 29.7 Å². The Morgan fingerprint density at radius 1 is 1.26 bits per heavy atom. The van der Waals surface area contributed by atoms with Crippen LogP contribution in [-0.4, -0.2) is 67.4 Å². The molecule has 31 heavy (non-hydrogen) atoms. The van der Waals surface area contributed by atoms with Crippen molar-refractivity contribution in [3.05, 3.63) is 59.3 Å². The lowest BCUT2D eigenvalue weighted by Gasteiger charge is -2.12. The molecule has 2 N–H and O–H groups in total. The van der Waals surface area contributed by atoms with E-state index in [9.17, 15) is 9.59 Å². The van der Waals surface area contributed by atoms with Gasteiger partial charge in [-0.25, -0.2) is 4.79 Å². The Morgan fingerprint density at radius 2 is 2.13 bits per heavy atom. The van der Waals surface area contributed by atoms with Crippen molar-refractivity contribution in [1.29, 1.82) is 0 Å². The first-order valence-electron chi connectivity index (χ1n) is 10.1. The number of hydrogen-bond acceptors (Lipinski definition) is 5. The Labute approximate surface area is 180 Å². The summed E-state index contributed by atoms with van der Waals surface area (Å²) in [6, 6.07) is 13.2. The summed E-state index contributed by atoms with van der Waals surface area (Å²) in [7, 11) is 3.94. The maximum absolute atomic E-state index is 12.4. The fourth-order valence-electron chi connectivity index (χ4n) is 3.40. The van der Waals surface area contributed by atoms with Crippen LogP contribution in [0.3, 0.4) is 0 Å². The number of amides is 2. The van der Waals surface area contributed by atoms with E-state index in [1.54, 1.807) is 11.0 Å². The molecular weight excluding hydrogens is 394 g/mol. The molecule has 8 nitrogen and oxygen atoms in total. The Balaban J connectivity index is 1.52. The van der Waals surface area contributed by atoms with Crippen LogP contribution in [0.2, 0.25) is 0 Å². The molecule has 1 fully saturated rings. The molecule has 3 aromatic rings. The van der Waals surface area contributed by atoms with Crippen molar-refractivity contribution < 1.29 is 14.3 Å². The van der Waals surface area contributed by atoms with Crippen molar-refractivity contribution in [2.45, 2.75) is 0 Å². The van der Waals surface area contributed by atoms with Crippen LogP contribution < -0.4 is 10.2 Å². The Kier molecular flexibility index (Phi) is 5.99. The number of carbonyl (C=O) groups excluding carboxylic acids is 2. The van der Waals surface area contributed by atoms with Crippen LogP contribution >= 0.6 is 0 Å². The number of carbonyl (C=O) groups is 2. The number of fused-ring (bicyclic) bond motifs is 1. The summed E-state index contributed by atoms with van der Waals surface area (Å²) in [5, 5.41) is 11.2. The van der Waals surface area contributed by atoms with Crippen molar-refractivity contribution in [1.82, 2.24) is 20.4 Å². The highest BCUT2D eigenvalue weighted by Crippen LogP contribution is 2.26. The van der Waals surface area contributed by atoms with Crippen LogP contribution in [0.15, 0.2) is 42.5 Å². The number of rotatable bonds is 7. The molecule has 160 valence electrons. The largest absolute Gasteiger partial charge is 0.447 e. The van der Waals surface area contributed by atoms with E-state index in [-0.39, 0.29) is 12.0 Å². The predicted molar refractivity (Wildman–Crippen MR) is 121 cm³/mol. The predicted octanol–water partition coefficient (Wildman–Crippen LogP) is 2.98. The number of nitrogens with zero attached hydrogens (tertiary/aromatic N) is 3. The molecule has 0 radical (unpaired) electrons. The van der Waals surface area contributed by atoms with E-state index in [0.717, 1.165) is 34.4 Å². The average Bonchev–Trinajstić information content (AvgIpc) is 3.37. The smallest absolute Gasteiger partial charge is 0.414 e. The maximum atomic E-state index is 12.4. The lowest BCUT2D eigenvalue weighted by molar-refractivity contribution is 0.0951. The number of aromatic nitrogens is 2. The molecule has 2 aromatic carbocycles. The summed E-state index contributed by atoms with van der Waals surface area (Å²) < 4.78 is 5.03. The summed E-state index contributed by atoms with van der Waals surface area (Å²) in [6.45, 7) is 2.32. The second-order valence-corrected chi connectivity index (χ2v) is 7.62. The summed E-state index contributed by atoms with van der Waals surface area (Å²) in [5.74, 6) is -0.0931. The molecule has 0 saturated carbocycles. The van der Waals surface area contributed by atoms with Crippen molar-refractivity contribution in [2.24, 2.45) is 0 Å². The van der Waals surface area contributed by atoms with Gasteiger partial charge >= 0.3 is 6.09 Å². The molecule has 2 heterocycles. The van der Waals surface area contributed by atoms with Gasteiger partial charge in [0.05, 0.1) is 17.8 Å². The van der Waals surface area contributed by atoms with E-state index in [2.05, 4.69) is 15.5 Å². The number of benzene rings is 2. The lowest BCUT2D eigenvalue weighted by Crippen LogP contribution is -2.31. The first-order valence-corrected chi connectivity index (χ1v) is 10.1. The molecule has 4 rings (SSSR count). The van der Waals surface area contributed by atoms with Gasteiger partial charge in [0.15, 0.2) is 0 Å². The third-order valence-electron chi connectivity index (χ3n) is 5.08. The molecule has 0 spiro atoms. The number of ether oxygens (including phenoxy) is 1. The van der Waals surface area contributed by atoms with Crippen LogP contribution in [-0.2, 0) is 4.74 Å². The van der Waals surface area contributed by atoms with E-state index in [1.165, 1.54) is 0 Å². The number of cyclic esters (lactones) is 1. The summed E-state index contributed by atoms with van der Waals surface area (Å²) in [5.41, 5.74) is 3.93. The van der Waals surface area contributed by atoms with Gasteiger partial charge in [0.1, 0.15) is 6.61 Å². The van der Waals surface area contributed by atoms with Crippen LogP contribution in [0.25, 0.3) is 23.1 Å². The fraction of sp³-hybridized carbons (Fsp3) is 0.261. The molecular formula is C23H25N5O3. The first-order chi connectivity index (χ1) is 15.0. The van der Waals surface area contributed by atoms with E-state index in [4.69, 9.17) is 4.74 Å². The molecule has 8 heteroatoms. The van der Waals surface area contributed by atoms with Crippen LogP contribution in [0.1, 0.15) is 21.6 Å². The van der Waals surface area contributed by atoms with Crippen molar-refractivity contribution >= 4 is 40.7 Å². The molecule has 0 bridgehead atoms. The van der Waals surface area contributed by atoms with Gasteiger partial charge in [0.2, 0.25) is 0 Å². The minimum Gasteiger partial charge on any atom is -0.447 e. The van der Waals surface area contributed by atoms with Crippen LogP contribution in [0, 0.1) is 0 Å². The molecule has 0 unspecified atom stereocenters. The number of H-pyrrole nitrogens is 1. The zero-order chi connectivity index (χ0) is 21.8. The maximum Gasteiger partial charge on any atom is 0.414 e. The second-order valence-electron chi connectivity index (χ2n) is 7.62. The molecule has 2 amide bonds. The number of anilines is 1. The van der Waals surface area contributed by atoms with E-state index >= 15 is 0 Å². The second kappa shape index (κ2) is 9.01. The third kappa shape index (κ3) is 4.75. The number of aromatic amines is 1. The van der Waals surface area contributed by atoms with E-state index in [0.29, 0.717) is 25.3 Å². The zero-order valence-electron chi connectivity index (χ0n) is 17.6. The number of nitrogens with one attached hydrogen (secondary N) is 2. The highest BCUT2D eigenvalue weighted by atomic mass is 16.6. The van der Waals surface area contributed by atoms with Crippen LogP contribution in [0.5, 0.6) is 0 Å². The Bertz CT molecular complexity index is 1140. The molecule has 1 aromatic heterocycles. The van der Waals surface area contributed by atoms with Crippen molar-refractivity contribution in [3.63, 3.8) is 0 Å². The Hall–Kier alpha value is -3.65. The summed E-state index contributed by atoms with van der Waals surface area (Å²) >= 11 is 0. The molecule has 1 aliphatic heterocycles. The summed E-state index contributed by atoms with van der Waals surface area (Å²) in [6.07, 6.45) is 3.48. The number of hydrogen-bond donors (Lipinski definition) is 2. The van der Waals surface area contributed by atoms with Gasteiger partial charge in [-0.15, -0.1) is 0 Å². The lowest BCUT2D eigenvalue weighted by atomic mass is 10.1. The SMILES string of the molecule is CN(C)CCNC(=O)c1cccc(/C=C/c2n[nH]c3ccc(N4CCOC4=O)cc23)c1. The van der Waals surface area contributed by atoms with Gasteiger partial charge in [-0.1, -0.05) is 18.2 Å². The monoisotopic (exact) mass is 419 g/mol. The average molecular weight is 419 g/mol. The normalized spacial score (nSPS) is 14.0. The highest BCUT2D eigenvalue weighted by Gasteiger charge is 2.24. The van der Waals surface area contributed by atoms with Gasteiger partial charge in [-0.2, -0.15) is 5.10 Å². The zero-order valence-corrected chi connectivity index (χ0v) is 17.6. The third-order valence-corrected chi connectivity index (χ3v) is 5.08. The standard InChI is InChI=1S/C23H25N5O3/c1-27(2)11-10-24-22(29)17-5-3-4-16(14-17)6-8-20-19-15-18(7-9-21(19)26-25-20)28-12-13-31-23(28)30/h3-9,14-15H,10-13H2,1-2H3,(H,24,29)(H,25,26)/b8-6+. The quantitative estimate of drug-likeness (QED) is 0.614. The van der Waals surface area contributed by atoms with Crippen molar-refractivity contribution in [2.75, 3.05) is 45.2 Å². The van der Waals surface area contributed by atoms with Crippen molar-refractivity contribution in [3.8, 4) is 0 Å². The van der Waals surface area contributed by atoms with E-state index < -0.39 is 0 Å². The molecule has 1 saturated heterocycles. The summed E-state index contributed by atoms with van der Waals surface area (Å²) in [4.78, 5) is 27.9. The van der Waals surface area contributed by atoms with E-state index in [1.807, 2.05) is 67.5 Å². The molecule has 0 atom stereocenters. The topological polar surface area (TPSA) is 90.6 Å². The molecule has 1 aliphatic rings.